The molecule has 0 saturated heterocycles. The van der Waals surface area contributed by atoms with Crippen molar-refractivity contribution < 1.29 is 28.6 Å². The van der Waals surface area contributed by atoms with Gasteiger partial charge in [0.15, 0.2) is 11.5 Å². The van der Waals surface area contributed by atoms with Crippen molar-refractivity contribution in [2.24, 2.45) is 0 Å². The number of ether oxygens (including phenoxy) is 2. The highest BCUT2D eigenvalue weighted by molar-refractivity contribution is 6.16. The average molecular weight is 484 g/mol. The van der Waals surface area contributed by atoms with Crippen LogP contribution < -0.4 is 9.47 Å². The number of furan rings is 1. The van der Waals surface area contributed by atoms with Gasteiger partial charge >= 0.3 is 0 Å². The van der Waals surface area contributed by atoms with E-state index in [1.807, 2.05) is 43.3 Å². The molecule has 1 unspecified atom stereocenters. The quantitative estimate of drug-likeness (QED) is 0.327. The Bertz CT molecular complexity index is 1430. The Hall–Kier alpha value is -4.52. The zero-order chi connectivity index (χ0) is 25.2. The number of nitrogens with zero attached hydrogens (tertiary/aromatic N) is 1. The lowest BCUT2D eigenvalue weighted by Crippen LogP contribution is -2.30. The third-order valence-corrected chi connectivity index (χ3v) is 6.24. The van der Waals surface area contributed by atoms with E-state index in [4.69, 9.17) is 13.9 Å². The van der Waals surface area contributed by atoms with E-state index < -0.39 is 23.5 Å². The molecule has 0 bridgehead atoms. The molecule has 36 heavy (non-hydrogen) atoms. The first kappa shape index (κ1) is 23.2. The van der Waals surface area contributed by atoms with E-state index in [1.54, 1.807) is 49.6 Å². The van der Waals surface area contributed by atoms with Crippen LogP contribution in [0.5, 0.6) is 11.5 Å². The van der Waals surface area contributed by atoms with Crippen molar-refractivity contribution >= 4 is 22.7 Å². The van der Waals surface area contributed by atoms with Gasteiger partial charge in [0, 0.05) is 10.9 Å². The summed E-state index contributed by atoms with van der Waals surface area (Å²) >= 11 is 0. The van der Waals surface area contributed by atoms with Crippen LogP contribution in [0.4, 0.5) is 0 Å². The van der Waals surface area contributed by atoms with Crippen molar-refractivity contribution in [1.82, 2.24) is 4.90 Å². The molecule has 1 N–H and O–H groups in total. The van der Waals surface area contributed by atoms with Gasteiger partial charge < -0.3 is 23.9 Å². The molecule has 7 heteroatoms. The Kier molecular flexibility index (Phi) is 6.21. The zero-order valence-corrected chi connectivity index (χ0v) is 19.9. The van der Waals surface area contributed by atoms with Crippen LogP contribution >= 0.6 is 0 Å². The Morgan fingerprint density at radius 1 is 1.03 bits per heavy atom. The van der Waals surface area contributed by atoms with Gasteiger partial charge in [0.1, 0.15) is 17.1 Å². The Morgan fingerprint density at radius 2 is 1.75 bits per heavy atom. The van der Waals surface area contributed by atoms with Crippen LogP contribution in [-0.4, -0.2) is 35.4 Å². The molecule has 1 amide bonds. The summed E-state index contributed by atoms with van der Waals surface area (Å²) < 4.78 is 16.8. The minimum Gasteiger partial charge on any atom is -0.503 e. The van der Waals surface area contributed by atoms with Gasteiger partial charge in [-0.1, -0.05) is 48.5 Å². The molecule has 0 aliphatic carbocycles. The van der Waals surface area contributed by atoms with Crippen LogP contribution in [0.15, 0.2) is 94.6 Å². The van der Waals surface area contributed by atoms with Crippen LogP contribution in [0, 0.1) is 0 Å². The van der Waals surface area contributed by atoms with Gasteiger partial charge in [-0.2, -0.15) is 0 Å². The van der Waals surface area contributed by atoms with Crippen molar-refractivity contribution in [3.05, 3.63) is 107 Å². The highest BCUT2D eigenvalue weighted by atomic mass is 16.5. The smallest absolute Gasteiger partial charge is 0.290 e. The molecular formula is C29H25NO6. The molecule has 4 aromatic rings. The molecule has 3 aromatic carbocycles. The minimum absolute atomic E-state index is 0.0295. The number of Topliss-reactive ketones (excluding diaryl/α,β-unsaturated/α-hetero) is 1. The minimum atomic E-state index is -0.834. The Labute approximate surface area is 208 Å². The van der Waals surface area contributed by atoms with Gasteiger partial charge in [-0.15, -0.1) is 0 Å². The van der Waals surface area contributed by atoms with Gasteiger partial charge in [0.25, 0.3) is 5.91 Å². The molecule has 0 saturated carbocycles. The number of rotatable bonds is 8. The molecule has 1 aliphatic rings. The highest BCUT2D eigenvalue weighted by Crippen LogP contribution is 2.41. The number of aliphatic hydroxyl groups excluding tert-OH is 1. The number of fused-ring (bicyclic) bond motifs is 1. The second-order valence-electron chi connectivity index (χ2n) is 8.39. The van der Waals surface area contributed by atoms with Crippen LogP contribution in [0.3, 0.4) is 0 Å². The largest absolute Gasteiger partial charge is 0.503 e. The molecule has 5 rings (SSSR count). The van der Waals surface area contributed by atoms with E-state index in [0.717, 1.165) is 10.9 Å². The van der Waals surface area contributed by atoms with Gasteiger partial charge in [-0.25, -0.2) is 0 Å². The van der Waals surface area contributed by atoms with Crippen LogP contribution in [0.25, 0.3) is 11.0 Å². The number of hydrogen-bond acceptors (Lipinski definition) is 6. The third-order valence-electron chi connectivity index (χ3n) is 6.24. The summed E-state index contributed by atoms with van der Waals surface area (Å²) in [7, 11) is 1.56. The van der Waals surface area contributed by atoms with E-state index in [2.05, 4.69) is 0 Å². The highest BCUT2D eigenvalue weighted by Gasteiger charge is 2.44. The van der Waals surface area contributed by atoms with E-state index in [-0.39, 0.29) is 17.9 Å². The zero-order valence-electron chi connectivity index (χ0n) is 19.9. The number of para-hydroxylation sites is 2. The van der Waals surface area contributed by atoms with Gasteiger partial charge in [-0.05, 0) is 42.8 Å². The fourth-order valence-corrected chi connectivity index (χ4v) is 4.55. The number of carbonyl (C=O) groups excluding carboxylic acids is 2. The van der Waals surface area contributed by atoms with Gasteiger partial charge in [0.2, 0.25) is 5.78 Å². The number of carbonyl (C=O) groups is 2. The fourth-order valence-electron chi connectivity index (χ4n) is 4.55. The first-order valence-corrected chi connectivity index (χ1v) is 11.6. The lowest BCUT2D eigenvalue weighted by atomic mass is 9.94. The lowest BCUT2D eigenvalue weighted by molar-refractivity contribution is -0.130. The molecule has 0 spiro atoms. The summed E-state index contributed by atoms with van der Waals surface area (Å²) in [5.41, 5.74) is 1.92. The number of benzene rings is 3. The summed E-state index contributed by atoms with van der Waals surface area (Å²) in [6, 6.07) is 22.5. The van der Waals surface area contributed by atoms with Crippen molar-refractivity contribution in [2.45, 2.75) is 19.5 Å². The number of amides is 1. The summed E-state index contributed by atoms with van der Waals surface area (Å²) in [5.74, 6) is -0.444. The molecular weight excluding hydrogens is 458 g/mol. The summed E-state index contributed by atoms with van der Waals surface area (Å²) in [6.45, 7) is 2.53. The fraction of sp³-hybridized carbons (Fsp3) is 0.172. The predicted molar refractivity (Wildman–Crippen MR) is 134 cm³/mol. The normalized spacial score (nSPS) is 15.6. The van der Waals surface area contributed by atoms with E-state index in [1.165, 1.54) is 4.90 Å². The standard InChI is InChI=1S/C29H25NO6/c1-3-35-21-14-12-18(13-15-21)26-25(27(31)24-16-19-8-4-7-11-23(19)36-24)28(32)29(33)30(26)17-20-9-5-6-10-22(20)34-2/h4-16,26,32H,3,17H2,1-2H3. The topological polar surface area (TPSA) is 89.2 Å². The first-order chi connectivity index (χ1) is 17.5. The second kappa shape index (κ2) is 9.62. The predicted octanol–water partition coefficient (Wildman–Crippen LogP) is 5.62. The second-order valence-corrected chi connectivity index (χ2v) is 8.39. The van der Waals surface area contributed by atoms with Crippen LogP contribution in [0.1, 0.15) is 34.6 Å². The van der Waals surface area contributed by atoms with E-state index in [0.29, 0.717) is 29.3 Å². The molecule has 2 heterocycles. The number of ketones is 1. The molecule has 7 nitrogen and oxygen atoms in total. The van der Waals surface area contributed by atoms with E-state index in [9.17, 15) is 14.7 Å². The van der Waals surface area contributed by atoms with Crippen molar-refractivity contribution in [2.75, 3.05) is 13.7 Å². The van der Waals surface area contributed by atoms with E-state index >= 15 is 0 Å². The number of hydrogen-bond donors (Lipinski definition) is 1. The number of methoxy groups -OCH3 is 1. The molecule has 0 fully saturated rings. The third kappa shape index (κ3) is 4.09. The van der Waals surface area contributed by atoms with Crippen molar-refractivity contribution in [1.29, 1.82) is 0 Å². The van der Waals surface area contributed by atoms with Gasteiger partial charge in [0.05, 0.1) is 31.9 Å². The molecule has 182 valence electrons. The monoisotopic (exact) mass is 483 g/mol. The SMILES string of the molecule is CCOc1ccc(C2C(C(=O)c3cc4ccccc4o3)=C(O)C(=O)N2Cc2ccccc2OC)cc1. The molecule has 0 radical (unpaired) electrons. The summed E-state index contributed by atoms with van der Waals surface area (Å²) in [6.07, 6.45) is 0. The first-order valence-electron chi connectivity index (χ1n) is 11.6. The van der Waals surface area contributed by atoms with Crippen molar-refractivity contribution in [3.8, 4) is 11.5 Å². The van der Waals surface area contributed by atoms with Gasteiger partial charge in [-0.3, -0.25) is 9.59 Å². The lowest BCUT2D eigenvalue weighted by Gasteiger charge is -2.27. The average Bonchev–Trinajstić information content (AvgIpc) is 3.44. The van der Waals surface area contributed by atoms with Crippen molar-refractivity contribution in [3.63, 3.8) is 0 Å². The molecule has 1 atom stereocenters. The maximum Gasteiger partial charge on any atom is 0.290 e. The number of aliphatic hydroxyl groups is 1. The summed E-state index contributed by atoms with van der Waals surface area (Å²) in [4.78, 5) is 28.5. The molecule has 1 aromatic heterocycles. The Morgan fingerprint density at radius 3 is 2.47 bits per heavy atom. The molecule has 1 aliphatic heterocycles. The maximum atomic E-state index is 13.7. The Balaban J connectivity index is 1.59. The van der Waals surface area contributed by atoms with Crippen LogP contribution in [0.2, 0.25) is 0 Å². The van der Waals surface area contributed by atoms with Crippen LogP contribution in [-0.2, 0) is 11.3 Å². The maximum absolute atomic E-state index is 13.7. The summed E-state index contributed by atoms with van der Waals surface area (Å²) in [5, 5.41) is 11.7.